The Morgan fingerprint density at radius 2 is 1.43 bits per heavy atom. The molecule has 3 aromatic rings. The number of para-hydroxylation sites is 2. The Kier molecular flexibility index (Phi) is 7.24. The Balaban J connectivity index is 1.35. The fourth-order valence-corrected chi connectivity index (χ4v) is 3.84. The second-order valence-corrected chi connectivity index (χ2v) is 8.04. The van der Waals surface area contributed by atoms with E-state index in [-0.39, 0.29) is 29.2 Å². The molecule has 0 bridgehead atoms. The molecule has 2 amide bonds. The summed E-state index contributed by atoms with van der Waals surface area (Å²) in [6.07, 6.45) is -3.70. The van der Waals surface area contributed by atoms with Gasteiger partial charge in [0.1, 0.15) is 11.5 Å². The minimum atomic E-state index is -4.77. The molecule has 6 nitrogen and oxygen atoms in total. The predicted molar refractivity (Wildman–Crippen MR) is 123 cm³/mol. The molecule has 0 unspecified atom stereocenters. The van der Waals surface area contributed by atoms with Crippen LogP contribution in [-0.2, 0) is 4.79 Å². The minimum Gasteiger partial charge on any atom is -0.455 e. The lowest BCUT2D eigenvalue weighted by Gasteiger charge is -2.31. The second-order valence-electron chi connectivity index (χ2n) is 8.04. The lowest BCUT2D eigenvalue weighted by Crippen LogP contribution is -2.41. The third-order valence-corrected chi connectivity index (χ3v) is 5.60. The molecule has 0 radical (unpaired) electrons. The number of anilines is 1. The molecule has 0 aromatic heterocycles. The Hall–Kier alpha value is -4.01. The quantitative estimate of drug-likeness (QED) is 0.475. The largest absolute Gasteiger partial charge is 0.573 e. The molecule has 0 aliphatic carbocycles. The number of carbonyl (C=O) groups excluding carboxylic acids is 2. The van der Waals surface area contributed by atoms with Gasteiger partial charge in [0.2, 0.25) is 5.91 Å². The molecular formula is C26H23F3N2O4. The van der Waals surface area contributed by atoms with Crippen molar-refractivity contribution in [2.24, 2.45) is 5.92 Å². The standard InChI is InChI=1S/C26H23F3N2O4/c27-26(28,29)35-21-12-10-20(11-13-21)34-23-9-5-4-8-22(23)30-24(32)18-14-16-31(17-15-18)25(33)19-6-2-1-3-7-19/h1-13,18H,14-17H2,(H,30,32). The van der Waals surface area contributed by atoms with E-state index in [0.717, 1.165) is 12.1 Å². The third kappa shape index (κ3) is 6.53. The zero-order valence-corrected chi connectivity index (χ0v) is 18.6. The van der Waals surface area contributed by atoms with Crippen molar-refractivity contribution in [3.8, 4) is 17.2 Å². The van der Waals surface area contributed by atoms with Crippen molar-refractivity contribution in [1.82, 2.24) is 4.90 Å². The SMILES string of the molecule is O=C(Nc1ccccc1Oc1ccc(OC(F)(F)F)cc1)C1CCN(C(=O)c2ccccc2)CC1. The molecule has 1 aliphatic rings. The monoisotopic (exact) mass is 484 g/mol. The molecule has 1 saturated heterocycles. The number of nitrogens with zero attached hydrogens (tertiary/aromatic N) is 1. The van der Waals surface area contributed by atoms with Gasteiger partial charge in [-0.3, -0.25) is 9.59 Å². The van der Waals surface area contributed by atoms with Crippen molar-refractivity contribution < 1.29 is 32.2 Å². The summed E-state index contributed by atoms with van der Waals surface area (Å²) in [6.45, 7) is 0.965. The number of rotatable bonds is 6. The van der Waals surface area contributed by atoms with Crippen molar-refractivity contribution in [1.29, 1.82) is 0 Å². The maximum Gasteiger partial charge on any atom is 0.573 e. The van der Waals surface area contributed by atoms with Crippen molar-refractivity contribution in [2.45, 2.75) is 19.2 Å². The van der Waals surface area contributed by atoms with Crippen LogP contribution in [0.2, 0.25) is 0 Å². The van der Waals surface area contributed by atoms with Gasteiger partial charge < -0.3 is 19.7 Å². The predicted octanol–water partition coefficient (Wildman–Crippen LogP) is 5.87. The number of alkyl halides is 3. The number of amides is 2. The smallest absolute Gasteiger partial charge is 0.455 e. The first-order valence-electron chi connectivity index (χ1n) is 11.1. The first kappa shape index (κ1) is 24.1. The fraction of sp³-hybridized carbons (Fsp3) is 0.231. The summed E-state index contributed by atoms with van der Waals surface area (Å²) < 4.78 is 46.7. The summed E-state index contributed by atoms with van der Waals surface area (Å²) >= 11 is 0. The zero-order valence-electron chi connectivity index (χ0n) is 18.6. The van der Waals surface area contributed by atoms with Gasteiger partial charge in [-0.2, -0.15) is 0 Å². The van der Waals surface area contributed by atoms with Crippen LogP contribution in [0.25, 0.3) is 0 Å². The van der Waals surface area contributed by atoms with Gasteiger partial charge in [-0.25, -0.2) is 0 Å². The van der Waals surface area contributed by atoms with E-state index in [1.165, 1.54) is 12.1 Å². The Morgan fingerprint density at radius 1 is 0.829 bits per heavy atom. The van der Waals surface area contributed by atoms with Crippen LogP contribution in [0.5, 0.6) is 17.2 Å². The third-order valence-electron chi connectivity index (χ3n) is 5.60. The average Bonchev–Trinajstić information content (AvgIpc) is 2.85. The van der Waals surface area contributed by atoms with Crippen molar-refractivity contribution in [3.63, 3.8) is 0 Å². The highest BCUT2D eigenvalue weighted by atomic mass is 19.4. The molecule has 3 aromatic carbocycles. The molecule has 9 heteroatoms. The lowest BCUT2D eigenvalue weighted by molar-refractivity contribution is -0.274. The number of hydrogen-bond donors (Lipinski definition) is 1. The van der Waals surface area contributed by atoms with Crippen molar-refractivity contribution in [2.75, 3.05) is 18.4 Å². The number of hydrogen-bond acceptors (Lipinski definition) is 4. The lowest BCUT2D eigenvalue weighted by atomic mass is 9.95. The number of likely N-dealkylation sites (tertiary alicyclic amines) is 1. The summed E-state index contributed by atoms with van der Waals surface area (Å²) in [5.41, 5.74) is 1.07. The van der Waals surface area contributed by atoms with Crippen LogP contribution < -0.4 is 14.8 Å². The normalized spacial score (nSPS) is 14.3. The topological polar surface area (TPSA) is 67.9 Å². The van der Waals surface area contributed by atoms with E-state index in [9.17, 15) is 22.8 Å². The fourth-order valence-electron chi connectivity index (χ4n) is 3.84. The van der Waals surface area contributed by atoms with Crippen LogP contribution in [0.3, 0.4) is 0 Å². The minimum absolute atomic E-state index is 0.0464. The Bertz CT molecular complexity index is 1160. The molecule has 0 spiro atoms. The Labute approximate surface area is 200 Å². The van der Waals surface area contributed by atoms with E-state index in [4.69, 9.17) is 4.74 Å². The van der Waals surface area contributed by atoms with Gasteiger partial charge in [0.05, 0.1) is 5.69 Å². The first-order valence-corrected chi connectivity index (χ1v) is 11.1. The molecule has 1 fully saturated rings. The summed E-state index contributed by atoms with van der Waals surface area (Å²) in [5.74, 6) is -0.210. The number of piperidine rings is 1. The molecule has 0 saturated carbocycles. The van der Waals surface area contributed by atoms with Gasteiger partial charge >= 0.3 is 6.36 Å². The van der Waals surface area contributed by atoms with E-state index in [1.54, 1.807) is 41.3 Å². The Morgan fingerprint density at radius 3 is 2.09 bits per heavy atom. The van der Waals surface area contributed by atoms with E-state index < -0.39 is 6.36 Å². The summed E-state index contributed by atoms with van der Waals surface area (Å²) in [7, 11) is 0. The number of carbonyl (C=O) groups is 2. The van der Waals surface area contributed by atoms with Gasteiger partial charge in [-0.15, -0.1) is 13.2 Å². The molecule has 4 rings (SSSR count). The van der Waals surface area contributed by atoms with Crippen molar-refractivity contribution in [3.05, 3.63) is 84.4 Å². The molecule has 0 atom stereocenters. The first-order chi connectivity index (χ1) is 16.8. The summed E-state index contributed by atoms with van der Waals surface area (Å²) in [5, 5.41) is 2.88. The van der Waals surface area contributed by atoms with Gasteiger partial charge in [0.25, 0.3) is 5.91 Å². The van der Waals surface area contributed by atoms with E-state index in [0.29, 0.717) is 42.9 Å². The molecule has 1 N–H and O–H groups in total. The van der Waals surface area contributed by atoms with Crippen LogP contribution in [0.4, 0.5) is 18.9 Å². The van der Waals surface area contributed by atoms with Crippen LogP contribution >= 0.6 is 0 Å². The van der Waals surface area contributed by atoms with Crippen LogP contribution in [0.15, 0.2) is 78.9 Å². The highest BCUT2D eigenvalue weighted by Crippen LogP contribution is 2.32. The summed E-state index contributed by atoms with van der Waals surface area (Å²) in [6, 6.07) is 20.8. The maximum atomic E-state index is 12.9. The average molecular weight is 484 g/mol. The molecule has 1 aliphatic heterocycles. The number of benzene rings is 3. The van der Waals surface area contributed by atoms with Gasteiger partial charge in [-0.05, 0) is 61.4 Å². The molecule has 35 heavy (non-hydrogen) atoms. The molecule has 1 heterocycles. The molecule has 182 valence electrons. The van der Waals surface area contributed by atoms with Gasteiger partial charge in [-0.1, -0.05) is 30.3 Å². The number of ether oxygens (including phenoxy) is 2. The van der Waals surface area contributed by atoms with Crippen LogP contribution in [0.1, 0.15) is 23.2 Å². The highest BCUT2D eigenvalue weighted by Gasteiger charge is 2.31. The molecular weight excluding hydrogens is 461 g/mol. The van der Waals surface area contributed by atoms with E-state index >= 15 is 0 Å². The highest BCUT2D eigenvalue weighted by molar-refractivity contribution is 5.96. The van der Waals surface area contributed by atoms with Gasteiger partial charge in [0.15, 0.2) is 5.75 Å². The second kappa shape index (κ2) is 10.5. The van der Waals surface area contributed by atoms with Crippen LogP contribution in [0, 0.1) is 5.92 Å². The number of halogens is 3. The zero-order chi connectivity index (χ0) is 24.8. The van der Waals surface area contributed by atoms with Crippen molar-refractivity contribution >= 4 is 17.5 Å². The van der Waals surface area contributed by atoms with Crippen LogP contribution in [-0.4, -0.2) is 36.2 Å². The number of nitrogens with one attached hydrogen (secondary N) is 1. The van der Waals surface area contributed by atoms with E-state index in [2.05, 4.69) is 10.1 Å². The summed E-state index contributed by atoms with van der Waals surface area (Å²) in [4.78, 5) is 27.3. The maximum absolute atomic E-state index is 12.9. The van der Waals surface area contributed by atoms with Gasteiger partial charge in [0, 0.05) is 24.6 Å². The van der Waals surface area contributed by atoms with E-state index in [1.807, 2.05) is 18.2 Å².